The molecule has 1 saturated heterocycles. The molecule has 0 aromatic heterocycles. The van der Waals surface area contributed by atoms with E-state index in [2.05, 4.69) is 31.0 Å². The van der Waals surface area contributed by atoms with Gasteiger partial charge in [0.1, 0.15) is 5.75 Å². The molecule has 1 heterocycles. The Kier molecular flexibility index (Phi) is 8.37. The molecule has 0 unspecified atom stereocenters. The predicted octanol–water partition coefficient (Wildman–Crippen LogP) is 3.88. The van der Waals surface area contributed by atoms with Crippen LogP contribution in [0.3, 0.4) is 0 Å². The van der Waals surface area contributed by atoms with Crippen molar-refractivity contribution in [2.24, 2.45) is 5.41 Å². The Morgan fingerprint density at radius 3 is 2.29 bits per heavy atom. The molecular formula is C15H25Cl3N2O. The highest BCUT2D eigenvalue weighted by Crippen LogP contribution is 2.42. The molecule has 1 atom stereocenters. The van der Waals surface area contributed by atoms with Crippen LogP contribution in [0.4, 0.5) is 0 Å². The van der Waals surface area contributed by atoms with Gasteiger partial charge in [0.2, 0.25) is 0 Å². The number of hydrogen-bond donors (Lipinski definition) is 2. The van der Waals surface area contributed by atoms with Crippen LogP contribution < -0.4 is 5.32 Å². The zero-order valence-electron chi connectivity index (χ0n) is 12.7. The molecule has 2 rings (SSSR count). The molecule has 0 radical (unpaired) electrons. The molecule has 21 heavy (non-hydrogen) atoms. The Hall–Kier alpha value is -0.190. The fraction of sp³-hybridized carbons (Fsp3) is 0.600. The number of rotatable bonds is 2. The Balaban J connectivity index is 0.00000200. The van der Waals surface area contributed by atoms with Gasteiger partial charge in [-0.25, -0.2) is 0 Å². The summed E-state index contributed by atoms with van der Waals surface area (Å²) in [5.74, 6) is 0.336. The quantitative estimate of drug-likeness (QED) is 0.845. The number of nitrogens with one attached hydrogen (secondary N) is 1. The summed E-state index contributed by atoms with van der Waals surface area (Å²) in [6, 6.07) is 5.50. The number of hydrogen-bond acceptors (Lipinski definition) is 3. The van der Waals surface area contributed by atoms with Crippen molar-refractivity contribution in [2.75, 3.05) is 26.2 Å². The maximum absolute atomic E-state index is 10.2. The van der Waals surface area contributed by atoms with Crippen molar-refractivity contribution in [3.8, 4) is 5.75 Å². The number of piperazine rings is 1. The molecule has 1 aromatic rings. The lowest BCUT2D eigenvalue weighted by atomic mass is 9.80. The number of nitrogens with zero attached hydrogens (tertiary/aromatic N) is 1. The molecule has 0 amide bonds. The van der Waals surface area contributed by atoms with Crippen molar-refractivity contribution in [1.29, 1.82) is 0 Å². The van der Waals surface area contributed by atoms with Crippen LogP contribution in [0, 0.1) is 5.41 Å². The van der Waals surface area contributed by atoms with Crippen molar-refractivity contribution in [3.05, 3.63) is 28.8 Å². The lowest BCUT2D eigenvalue weighted by molar-refractivity contribution is 0.0842. The van der Waals surface area contributed by atoms with E-state index in [0.29, 0.717) is 10.8 Å². The van der Waals surface area contributed by atoms with Crippen molar-refractivity contribution in [1.82, 2.24) is 10.2 Å². The van der Waals surface area contributed by atoms with Gasteiger partial charge in [-0.15, -0.1) is 24.8 Å². The van der Waals surface area contributed by atoms with Crippen LogP contribution in [0.1, 0.15) is 32.4 Å². The Labute approximate surface area is 144 Å². The van der Waals surface area contributed by atoms with E-state index in [0.717, 1.165) is 31.7 Å². The summed E-state index contributed by atoms with van der Waals surface area (Å²) in [7, 11) is 0. The third-order valence-corrected chi connectivity index (χ3v) is 3.86. The lowest BCUT2D eigenvalue weighted by Gasteiger charge is -2.42. The zero-order chi connectivity index (χ0) is 14.0. The van der Waals surface area contributed by atoms with Gasteiger partial charge in [0.15, 0.2) is 0 Å². The molecule has 1 aliphatic rings. The number of aromatic hydroxyl groups is 1. The molecule has 0 saturated carbocycles. The summed E-state index contributed by atoms with van der Waals surface area (Å²) < 4.78 is 0. The monoisotopic (exact) mass is 354 g/mol. The summed E-state index contributed by atoms with van der Waals surface area (Å²) in [4.78, 5) is 2.43. The SMILES string of the molecule is CC(C)(C)[C@@H](c1cc(Cl)ccc1O)N1CCNCC1.Cl.Cl. The third-order valence-electron chi connectivity index (χ3n) is 3.62. The van der Waals surface area contributed by atoms with Crippen LogP contribution in [-0.4, -0.2) is 36.2 Å². The minimum Gasteiger partial charge on any atom is -0.508 e. The highest BCUT2D eigenvalue weighted by Gasteiger charge is 2.34. The van der Waals surface area contributed by atoms with Gasteiger partial charge < -0.3 is 10.4 Å². The summed E-state index contributed by atoms with van der Waals surface area (Å²) in [5.41, 5.74) is 0.973. The third kappa shape index (κ3) is 5.19. The zero-order valence-corrected chi connectivity index (χ0v) is 15.1. The molecular weight excluding hydrogens is 331 g/mol. The summed E-state index contributed by atoms with van der Waals surface area (Å²) in [6.07, 6.45) is 0. The number of halogens is 3. The molecule has 1 aromatic carbocycles. The van der Waals surface area contributed by atoms with Crippen molar-refractivity contribution in [3.63, 3.8) is 0 Å². The van der Waals surface area contributed by atoms with Crippen molar-refractivity contribution < 1.29 is 5.11 Å². The first-order chi connectivity index (χ1) is 8.89. The van der Waals surface area contributed by atoms with Crippen molar-refractivity contribution in [2.45, 2.75) is 26.8 Å². The topological polar surface area (TPSA) is 35.5 Å². The van der Waals surface area contributed by atoms with Gasteiger partial charge in [0.05, 0.1) is 0 Å². The average Bonchev–Trinajstić information content (AvgIpc) is 2.33. The van der Waals surface area contributed by atoms with Crippen LogP contribution >= 0.6 is 36.4 Å². The van der Waals surface area contributed by atoms with Gasteiger partial charge >= 0.3 is 0 Å². The maximum atomic E-state index is 10.2. The minimum atomic E-state index is 0. The number of phenolic OH excluding ortho intramolecular Hbond substituents is 1. The first kappa shape index (κ1) is 20.8. The van der Waals surface area contributed by atoms with Crippen LogP contribution in [0.25, 0.3) is 0 Å². The van der Waals surface area contributed by atoms with E-state index in [9.17, 15) is 5.11 Å². The molecule has 1 fully saturated rings. The van der Waals surface area contributed by atoms with Gasteiger partial charge in [-0.3, -0.25) is 4.90 Å². The maximum Gasteiger partial charge on any atom is 0.120 e. The largest absolute Gasteiger partial charge is 0.508 e. The summed E-state index contributed by atoms with van der Waals surface area (Å²) in [6.45, 7) is 10.6. The Bertz CT molecular complexity index is 443. The lowest BCUT2D eigenvalue weighted by Crippen LogP contribution is -2.48. The second-order valence-electron chi connectivity index (χ2n) is 6.26. The molecule has 6 heteroatoms. The second-order valence-corrected chi connectivity index (χ2v) is 6.69. The summed E-state index contributed by atoms with van der Waals surface area (Å²) >= 11 is 6.11. The minimum absolute atomic E-state index is 0. The molecule has 1 aliphatic heterocycles. The van der Waals surface area contributed by atoms with Crippen molar-refractivity contribution >= 4 is 36.4 Å². The highest BCUT2D eigenvalue weighted by molar-refractivity contribution is 6.30. The van der Waals surface area contributed by atoms with E-state index >= 15 is 0 Å². The highest BCUT2D eigenvalue weighted by atomic mass is 35.5. The average molecular weight is 356 g/mol. The van der Waals surface area contributed by atoms with Crippen LogP contribution in [0.2, 0.25) is 5.02 Å². The van der Waals surface area contributed by atoms with E-state index in [1.807, 2.05) is 6.07 Å². The van der Waals surface area contributed by atoms with Gasteiger partial charge in [0, 0.05) is 42.8 Å². The molecule has 0 spiro atoms. The first-order valence-corrected chi connectivity index (χ1v) is 7.20. The smallest absolute Gasteiger partial charge is 0.120 e. The van der Waals surface area contributed by atoms with Crippen LogP contribution in [0.15, 0.2) is 18.2 Å². The van der Waals surface area contributed by atoms with Gasteiger partial charge in [0.25, 0.3) is 0 Å². The standard InChI is InChI=1S/C15H23ClN2O.2ClH/c1-15(2,3)14(18-8-6-17-7-9-18)12-10-11(16)4-5-13(12)19;;/h4-5,10,14,17,19H,6-9H2,1-3H3;2*1H/t14-;;/m1../s1. The molecule has 122 valence electrons. The predicted molar refractivity (Wildman–Crippen MR) is 94.3 cm³/mol. The Morgan fingerprint density at radius 2 is 1.76 bits per heavy atom. The van der Waals surface area contributed by atoms with Gasteiger partial charge in [-0.2, -0.15) is 0 Å². The van der Waals surface area contributed by atoms with E-state index < -0.39 is 0 Å². The van der Waals surface area contributed by atoms with Gasteiger partial charge in [-0.1, -0.05) is 32.4 Å². The van der Waals surface area contributed by atoms with Crippen LogP contribution in [0.5, 0.6) is 5.75 Å². The van der Waals surface area contributed by atoms with E-state index in [-0.39, 0.29) is 36.3 Å². The van der Waals surface area contributed by atoms with E-state index in [1.165, 1.54) is 0 Å². The molecule has 2 N–H and O–H groups in total. The molecule has 0 bridgehead atoms. The van der Waals surface area contributed by atoms with E-state index in [4.69, 9.17) is 11.6 Å². The second kappa shape index (κ2) is 8.44. The van der Waals surface area contributed by atoms with Crippen LogP contribution in [-0.2, 0) is 0 Å². The summed E-state index contributed by atoms with van der Waals surface area (Å²) in [5, 5.41) is 14.2. The number of phenols is 1. The van der Waals surface area contributed by atoms with E-state index in [1.54, 1.807) is 12.1 Å². The first-order valence-electron chi connectivity index (χ1n) is 6.83. The molecule has 3 nitrogen and oxygen atoms in total. The normalized spacial score (nSPS) is 17.5. The fourth-order valence-electron chi connectivity index (χ4n) is 2.90. The number of benzene rings is 1. The Morgan fingerprint density at radius 1 is 1.19 bits per heavy atom. The fourth-order valence-corrected chi connectivity index (χ4v) is 3.08. The molecule has 0 aliphatic carbocycles. The van der Waals surface area contributed by atoms with Gasteiger partial charge in [-0.05, 0) is 23.6 Å².